The Labute approximate surface area is 49.1 Å². The second-order valence-corrected chi connectivity index (χ2v) is 2.68. The van der Waals surface area contributed by atoms with Gasteiger partial charge in [0.15, 0.2) is 0 Å². The van der Waals surface area contributed by atoms with E-state index < -0.39 is 0 Å². The molecule has 1 rings (SSSR count). The van der Waals surface area contributed by atoms with Crippen molar-refractivity contribution in [3.05, 3.63) is 12.5 Å². The molecule has 1 aromatic rings. The van der Waals surface area contributed by atoms with Gasteiger partial charge in [-0.15, -0.1) is 0 Å². The molecule has 3 heteroatoms. The van der Waals surface area contributed by atoms with Crippen LogP contribution in [0.3, 0.4) is 0 Å². The van der Waals surface area contributed by atoms with Gasteiger partial charge in [-0.05, 0) is 0 Å². The summed E-state index contributed by atoms with van der Waals surface area (Å²) in [6.45, 7) is 0. The normalized spacial score (nSPS) is 8.83. The van der Waals surface area contributed by atoms with Crippen LogP contribution in [-0.2, 0) is 0 Å². The van der Waals surface area contributed by atoms with Crippen molar-refractivity contribution in [3.63, 3.8) is 0 Å². The van der Waals surface area contributed by atoms with Crippen LogP contribution in [0.4, 0.5) is 0 Å². The predicted octanol–water partition coefficient (Wildman–Crippen LogP) is -1.06. The number of aromatic nitrogens is 2. The fourth-order valence-electron chi connectivity index (χ4n) is 0.272. The summed E-state index contributed by atoms with van der Waals surface area (Å²) in [5.41, 5.74) is 0. The Kier molecular flexibility index (Phi) is 1.14. The summed E-state index contributed by atoms with van der Waals surface area (Å²) in [5, 5.41) is 0. The minimum absolute atomic E-state index is 1.11. The van der Waals surface area contributed by atoms with Crippen molar-refractivity contribution in [1.82, 2.24) is 9.97 Å². The van der Waals surface area contributed by atoms with E-state index in [1.54, 1.807) is 6.33 Å². The Hall–Kier alpha value is 0.00870. The van der Waals surface area contributed by atoms with Gasteiger partial charge in [-0.1, -0.05) is 0 Å². The number of nitrogens with one attached hydrogen (secondary N) is 1. The molecular weight excluding hydrogens is 183 g/mol. The van der Waals surface area contributed by atoms with Crippen LogP contribution >= 0.6 is 0 Å². The Balaban J connectivity index is 3.05. The van der Waals surface area contributed by atoms with Crippen LogP contribution in [0.15, 0.2) is 12.5 Å². The zero-order valence-electron chi connectivity index (χ0n) is 3.18. The van der Waals surface area contributed by atoms with Crippen molar-refractivity contribution >= 4 is 26.2 Å². The van der Waals surface area contributed by atoms with Gasteiger partial charge in [0.2, 0.25) is 0 Å². The van der Waals surface area contributed by atoms with Gasteiger partial charge in [-0.25, -0.2) is 0 Å². The van der Waals surface area contributed by atoms with E-state index in [1.165, 1.54) is 3.71 Å². The molecule has 0 aliphatic rings. The molecule has 0 spiro atoms. The second kappa shape index (κ2) is 1.64. The molecule has 2 nitrogen and oxygen atoms in total. The zero-order valence-corrected chi connectivity index (χ0v) is 6.47. The number of aromatic amines is 1. The average Bonchev–Trinajstić information content (AvgIpc) is 1.86. The maximum atomic E-state index is 3.92. The molecule has 0 fully saturated rings. The third kappa shape index (κ3) is 0.739. The predicted molar refractivity (Wildman–Crippen MR) is 25.4 cm³/mol. The standard InChI is InChI=1S/C3H3N2.Sn.H/c1-2-5-3-4-1;;/h1,3H,(H,4,5);;. The minimum atomic E-state index is 1.11. The summed E-state index contributed by atoms with van der Waals surface area (Å²) in [7, 11) is 0. The van der Waals surface area contributed by atoms with E-state index in [2.05, 4.69) is 9.97 Å². The molecule has 2 radical (unpaired) electrons. The Morgan fingerprint density at radius 2 is 2.67 bits per heavy atom. The Morgan fingerprint density at radius 3 is 2.83 bits per heavy atom. The molecule has 0 saturated heterocycles. The molecule has 0 atom stereocenters. The van der Waals surface area contributed by atoms with Crippen molar-refractivity contribution in [2.24, 2.45) is 0 Å². The number of nitrogens with zero attached hydrogens (tertiary/aromatic N) is 1. The van der Waals surface area contributed by atoms with E-state index >= 15 is 0 Å². The van der Waals surface area contributed by atoms with E-state index in [4.69, 9.17) is 0 Å². The first-order chi connectivity index (χ1) is 2.89. The molecule has 0 bridgehead atoms. The third-order valence-corrected chi connectivity index (χ3v) is 1.42. The molecule has 6 heavy (non-hydrogen) atoms. The zero-order chi connectivity index (χ0) is 4.41. The van der Waals surface area contributed by atoms with Gasteiger partial charge in [0.1, 0.15) is 0 Å². The van der Waals surface area contributed by atoms with Gasteiger partial charge in [-0.2, -0.15) is 0 Å². The van der Waals surface area contributed by atoms with Gasteiger partial charge in [0.05, 0.1) is 0 Å². The summed E-state index contributed by atoms with van der Waals surface area (Å²) in [5.74, 6) is 0. The number of hydrogen-bond donors (Lipinski definition) is 1. The van der Waals surface area contributed by atoms with Crippen LogP contribution in [0.1, 0.15) is 0 Å². The summed E-state index contributed by atoms with van der Waals surface area (Å²) < 4.78 is 1.17. The summed E-state index contributed by atoms with van der Waals surface area (Å²) >= 11 is 1.11. The average molecular weight is 187 g/mol. The van der Waals surface area contributed by atoms with Gasteiger partial charge in [0.25, 0.3) is 0 Å². The topological polar surface area (TPSA) is 28.7 Å². The fourth-order valence-corrected chi connectivity index (χ4v) is 0.759. The third-order valence-electron chi connectivity index (χ3n) is 0.519. The van der Waals surface area contributed by atoms with Gasteiger partial charge in [-0.3, -0.25) is 0 Å². The van der Waals surface area contributed by atoms with Gasteiger partial charge in [0, 0.05) is 0 Å². The summed E-state index contributed by atoms with van der Waals surface area (Å²) in [6, 6.07) is 0. The molecule has 0 amide bonds. The van der Waals surface area contributed by atoms with E-state index in [1.807, 2.05) is 6.20 Å². The first-order valence-electron chi connectivity index (χ1n) is 1.64. The van der Waals surface area contributed by atoms with Crippen LogP contribution in [0.2, 0.25) is 0 Å². The Morgan fingerprint density at radius 1 is 1.83 bits per heavy atom. The van der Waals surface area contributed by atoms with E-state index in [0.29, 0.717) is 0 Å². The van der Waals surface area contributed by atoms with Crippen LogP contribution < -0.4 is 3.71 Å². The molecule has 0 aliphatic carbocycles. The molecule has 1 aromatic heterocycles. The van der Waals surface area contributed by atoms with Crippen LogP contribution in [-0.4, -0.2) is 32.5 Å². The summed E-state index contributed by atoms with van der Waals surface area (Å²) in [4.78, 5) is 6.77. The maximum absolute atomic E-state index is 3.92. The number of imidazole rings is 1. The number of hydrogen-bond acceptors (Lipinski definition) is 1. The molecule has 0 aliphatic heterocycles. The molecule has 1 heterocycles. The van der Waals surface area contributed by atoms with E-state index in [9.17, 15) is 0 Å². The molecule has 0 aromatic carbocycles. The van der Waals surface area contributed by atoms with Crippen molar-refractivity contribution in [2.75, 3.05) is 0 Å². The monoisotopic (exact) mass is 188 g/mol. The molecular formula is C3H4N2Sn. The summed E-state index contributed by atoms with van der Waals surface area (Å²) in [6.07, 6.45) is 3.60. The van der Waals surface area contributed by atoms with Crippen LogP contribution in [0.5, 0.6) is 0 Å². The van der Waals surface area contributed by atoms with Crippen molar-refractivity contribution in [3.8, 4) is 0 Å². The van der Waals surface area contributed by atoms with E-state index in [-0.39, 0.29) is 0 Å². The number of H-pyrrole nitrogens is 1. The molecule has 30 valence electrons. The van der Waals surface area contributed by atoms with Crippen molar-refractivity contribution in [2.45, 2.75) is 0 Å². The number of rotatable bonds is 0. The first-order valence-corrected chi connectivity index (χ1v) is 3.28. The van der Waals surface area contributed by atoms with Gasteiger partial charge < -0.3 is 0 Å². The Bertz CT molecular complexity index is 112. The molecule has 0 saturated carbocycles. The quantitative estimate of drug-likeness (QED) is 0.515. The molecule has 0 unspecified atom stereocenters. The van der Waals surface area contributed by atoms with Crippen LogP contribution in [0.25, 0.3) is 0 Å². The van der Waals surface area contributed by atoms with Crippen LogP contribution in [0, 0.1) is 0 Å². The fraction of sp³-hybridized carbons (Fsp3) is 0. The van der Waals surface area contributed by atoms with Crippen molar-refractivity contribution < 1.29 is 0 Å². The van der Waals surface area contributed by atoms with E-state index in [0.717, 1.165) is 22.5 Å². The first kappa shape index (κ1) is 4.18. The SMILES string of the molecule is [SnH][c]1c[nH]cn1. The second-order valence-electron chi connectivity index (χ2n) is 0.994. The molecule has 1 N–H and O–H groups in total. The van der Waals surface area contributed by atoms with Crippen molar-refractivity contribution in [1.29, 1.82) is 0 Å². The van der Waals surface area contributed by atoms with Gasteiger partial charge >= 0.3 is 48.7 Å².